The van der Waals surface area contributed by atoms with Crippen LogP contribution >= 0.6 is 0 Å². The van der Waals surface area contributed by atoms with E-state index in [-0.39, 0.29) is 17.5 Å². The van der Waals surface area contributed by atoms with Crippen LogP contribution in [-0.4, -0.2) is 25.3 Å². The molecule has 0 spiro atoms. The molecule has 0 aromatic heterocycles. The lowest BCUT2D eigenvalue weighted by molar-refractivity contribution is -0.165. The lowest BCUT2D eigenvalue weighted by Gasteiger charge is -2.51. The van der Waals surface area contributed by atoms with Gasteiger partial charge in [0, 0.05) is 18.3 Å². The van der Waals surface area contributed by atoms with Crippen molar-refractivity contribution in [2.45, 2.75) is 40.2 Å². The lowest BCUT2D eigenvalue weighted by Crippen LogP contribution is -2.52. The van der Waals surface area contributed by atoms with Gasteiger partial charge >= 0.3 is 5.97 Å². The van der Waals surface area contributed by atoms with Gasteiger partial charge in [0.05, 0.1) is 19.3 Å². The zero-order chi connectivity index (χ0) is 12.6. The van der Waals surface area contributed by atoms with Gasteiger partial charge in [-0.3, -0.25) is 4.79 Å². The molecule has 3 heteroatoms. The Morgan fingerprint density at radius 2 is 2.29 bits per heavy atom. The molecule has 0 aromatic carbocycles. The quantitative estimate of drug-likeness (QED) is 0.548. The summed E-state index contributed by atoms with van der Waals surface area (Å²) in [4.78, 5) is 11.0. The molecule has 1 aliphatic heterocycles. The first-order valence-electron chi connectivity index (χ1n) is 6.38. The number of ether oxygens (including phenoxy) is 2. The van der Waals surface area contributed by atoms with Crippen LogP contribution in [0.1, 0.15) is 34.1 Å². The zero-order valence-electron chi connectivity index (χ0n) is 11.2. The topological polar surface area (TPSA) is 35.5 Å². The van der Waals surface area contributed by atoms with Crippen molar-refractivity contribution < 1.29 is 14.3 Å². The van der Waals surface area contributed by atoms with Crippen molar-refractivity contribution in [3.05, 3.63) is 11.6 Å². The zero-order valence-corrected chi connectivity index (χ0v) is 11.2. The number of hydrogen-bond donors (Lipinski definition) is 0. The third-order valence-corrected chi connectivity index (χ3v) is 4.56. The molecule has 0 N–H and O–H groups in total. The van der Waals surface area contributed by atoms with Crippen molar-refractivity contribution in [2.24, 2.45) is 17.3 Å². The normalized spacial score (nSPS) is 40.7. The largest absolute Gasteiger partial charge is 0.465 e. The van der Waals surface area contributed by atoms with Gasteiger partial charge in [-0.25, -0.2) is 0 Å². The van der Waals surface area contributed by atoms with Crippen LogP contribution in [0.25, 0.3) is 0 Å². The average Bonchev–Trinajstić information content (AvgIpc) is 2.26. The van der Waals surface area contributed by atoms with Gasteiger partial charge in [-0.15, -0.1) is 0 Å². The molecule has 1 saturated heterocycles. The van der Waals surface area contributed by atoms with Crippen molar-refractivity contribution >= 4 is 5.97 Å². The summed E-state index contributed by atoms with van der Waals surface area (Å²) < 4.78 is 11.1. The van der Waals surface area contributed by atoms with E-state index in [1.807, 2.05) is 0 Å². The summed E-state index contributed by atoms with van der Waals surface area (Å²) in [6.45, 7) is 9.24. The van der Waals surface area contributed by atoms with E-state index in [0.717, 1.165) is 6.42 Å². The van der Waals surface area contributed by atoms with Crippen molar-refractivity contribution in [1.29, 1.82) is 0 Å². The van der Waals surface area contributed by atoms with E-state index < -0.39 is 0 Å². The highest BCUT2D eigenvalue weighted by Crippen LogP contribution is 2.49. The van der Waals surface area contributed by atoms with E-state index in [4.69, 9.17) is 9.47 Å². The number of carbonyl (C=O) groups is 1. The number of esters is 1. The highest BCUT2D eigenvalue weighted by atomic mass is 16.5. The van der Waals surface area contributed by atoms with Crippen LogP contribution in [0.2, 0.25) is 0 Å². The molecule has 1 fully saturated rings. The summed E-state index contributed by atoms with van der Waals surface area (Å²) in [6.07, 6.45) is 3.52. The number of hydrogen-bond acceptors (Lipinski definition) is 3. The summed E-state index contributed by atoms with van der Waals surface area (Å²) in [7, 11) is 0. The Morgan fingerprint density at radius 3 is 2.94 bits per heavy atom. The summed E-state index contributed by atoms with van der Waals surface area (Å²) >= 11 is 0. The first-order chi connectivity index (χ1) is 7.96. The van der Waals surface area contributed by atoms with Crippen molar-refractivity contribution in [1.82, 2.24) is 0 Å². The van der Waals surface area contributed by atoms with E-state index in [1.165, 1.54) is 12.5 Å². The fourth-order valence-electron chi connectivity index (χ4n) is 3.31. The van der Waals surface area contributed by atoms with E-state index in [1.54, 1.807) is 0 Å². The molecule has 96 valence electrons. The van der Waals surface area contributed by atoms with Crippen molar-refractivity contribution in [2.75, 3.05) is 13.2 Å². The van der Waals surface area contributed by atoms with E-state index >= 15 is 0 Å². The van der Waals surface area contributed by atoms with Crippen LogP contribution < -0.4 is 0 Å². The maximum Gasteiger partial charge on any atom is 0.302 e. The van der Waals surface area contributed by atoms with Crippen LogP contribution in [0.15, 0.2) is 11.6 Å². The van der Waals surface area contributed by atoms with Gasteiger partial charge < -0.3 is 9.47 Å². The third kappa shape index (κ3) is 2.13. The molecular weight excluding hydrogens is 216 g/mol. The van der Waals surface area contributed by atoms with Gasteiger partial charge in [0.15, 0.2) is 0 Å². The molecule has 1 aliphatic carbocycles. The molecule has 3 unspecified atom stereocenters. The minimum absolute atomic E-state index is 0.0116. The Labute approximate surface area is 103 Å². The number of rotatable bonds is 2. The summed E-state index contributed by atoms with van der Waals surface area (Å²) in [6, 6.07) is 0. The number of allylic oxidation sites excluding steroid dienone is 1. The van der Waals surface area contributed by atoms with Crippen LogP contribution in [0, 0.1) is 17.3 Å². The van der Waals surface area contributed by atoms with Crippen LogP contribution in [0.4, 0.5) is 0 Å². The molecule has 4 atom stereocenters. The highest BCUT2D eigenvalue weighted by molar-refractivity contribution is 5.65. The Balaban J connectivity index is 2.21. The van der Waals surface area contributed by atoms with Gasteiger partial charge in [0.1, 0.15) is 0 Å². The summed E-state index contributed by atoms with van der Waals surface area (Å²) in [5.41, 5.74) is 1.41. The second kappa shape index (κ2) is 4.45. The Bertz CT molecular complexity index is 347. The minimum atomic E-state index is -0.201. The van der Waals surface area contributed by atoms with Gasteiger partial charge in [-0.2, -0.15) is 0 Å². The Morgan fingerprint density at radius 1 is 1.59 bits per heavy atom. The molecule has 2 rings (SSSR count). The summed E-state index contributed by atoms with van der Waals surface area (Å²) in [5.74, 6) is 0.775. The van der Waals surface area contributed by atoms with E-state index in [2.05, 4.69) is 26.8 Å². The van der Waals surface area contributed by atoms with Crippen molar-refractivity contribution in [3.63, 3.8) is 0 Å². The maximum absolute atomic E-state index is 11.0. The summed E-state index contributed by atoms with van der Waals surface area (Å²) in [5, 5.41) is 0. The Hall–Kier alpha value is -0.830. The molecule has 2 bridgehead atoms. The fourth-order valence-corrected chi connectivity index (χ4v) is 3.31. The molecule has 2 aliphatic rings. The van der Waals surface area contributed by atoms with Gasteiger partial charge in [-0.05, 0) is 26.2 Å². The average molecular weight is 238 g/mol. The van der Waals surface area contributed by atoms with Gasteiger partial charge in [-0.1, -0.05) is 18.6 Å². The van der Waals surface area contributed by atoms with Crippen molar-refractivity contribution in [3.8, 4) is 0 Å². The predicted molar refractivity (Wildman–Crippen MR) is 65.5 cm³/mol. The first-order valence-corrected chi connectivity index (χ1v) is 6.38. The molecule has 1 heterocycles. The Kier molecular flexibility index (Phi) is 3.30. The van der Waals surface area contributed by atoms with Crippen LogP contribution in [-0.2, 0) is 14.3 Å². The smallest absolute Gasteiger partial charge is 0.302 e. The minimum Gasteiger partial charge on any atom is -0.465 e. The molecular formula is C14H22O3. The molecule has 0 radical (unpaired) electrons. The fraction of sp³-hybridized carbons (Fsp3) is 0.786. The molecule has 0 saturated carbocycles. The van der Waals surface area contributed by atoms with E-state index in [0.29, 0.717) is 25.0 Å². The molecule has 17 heavy (non-hydrogen) atoms. The molecule has 0 amide bonds. The second-order valence-electron chi connectivity index (χ2n) is 5.63. The maximum atomic E-state index is 11.0. The van der Waals surface area contributed by atoms with Crippen LogP contribution in [0.5, 0.6) is 0 Å². The third-order valence-electron chi connectivity index (χ3n) is 4.56. The molecule has 0 aromatic rings. The molecule has 3 nitrogen and oxygen atoms in total. The van der Waals surface area contributed by atoms with E-state index in [9.17, 15) is 4.79 Å². The number of carbonyl (C=O) groups excluding carboxylic acids is 1. The first kappa shape index (κ1) is 12.6. The standard InChI is InChI=1S/C14H22O3/c1-9-5-6-14(8-17-12(4)15)7-16-11(3)13(9)10(14)2/h5,10-11,13H,6-8H2,1-4H3/t10-,11?,13?,14?/m0/s1. The van der Waals surface area contributed by atoms with Gasteiger partial charge in [0.25, 0.3) is 0 Å². The highest BCUT2D eigenvalue weighted by Gasteiger charge is 2.49. The van der Waals surface area contributed by atoms with Gasteiger partial charge in [0.2, 0.25) is 0 Å². The second-order valence-corrected chi connectivity index (χ2v) is 5.63. The van der Waals surface area contributed by atoms with Crippen LogP contribution in [0.3, 0.4) is 0 Å². The SMILES string of the molecule is CC(=O)OCC12CC=C(C)C(C(C)OC1)[C@@H]2C. The number of fused-ring (bicyclic) bond motifs is 2. The monoisotopic (exact) mass is 238 g/mol. The lowest BCUT2D eigenvalue weighted by atomic mass is 9.60. The predicted octanol–water partition coefficient (Wildman–Crippen LogP) is 2.56.